The molecule has 2 heterocycles. The Labute approximate surface area is 145 Å². The van der Waals surface area contributed by atoms with E-state index in [2.05, 4.69) is 9.71 Å². The average Bonchev–Trinajstić information content (AvgIpc) is 2.61. The fraction of sp³-hybridized carbons (Fsp3) is 0.235. The maximum Gasteiger partial charge on any atom is 0.259 e. The molecule has 2 aliphatic heterocycles. The Kier molecular flexibility index (Phi) is 4.71. The summed E-state index contributed by atoms with van der Waals surface area (Å²) in [6, 6.07) is 6.85. The number of benzene rings is 1. The van der Waals surface area contributed by atoms with Gasteiger partial charge in [-0.15, -0.1) is 0 Å². The van der Waals surface area contributed by atoms with Crippen LogP contribution in [0.1, 0.15) is 10.4 Å². The highest BCUT2D eigenvalue weighted by Crippen LogP contribution is 2.22. The van der Waals surface area contributed by atoms with Gasteiger partial charge in [-0.05, 0) is 48.4 Å². The summed E-state index contributed by atoms with van der Waals surface area (Å²) < 4.78 is 4.38. The van der Waals surface area contributed by atoms with Crippen LogP contribution < -0.4 is 5.32 Å². The SMILES string of the molecule is CN(C)C(=O)c1ccc(NC(=O)C2=CC=CN3CCSN=C23)cc1. The van der Waals surface area contributed by atoms with Crippen molar-refractivity contribution in [1.82, 2.24) is 9.80 Å². The summed E-state index contributed by atoms with van der Waals surface area (Å²) in [7, 11) is 3.41. The number of nitrogens with zero attached hydrogens (tertiary/aromatic N) is 3. The molecular formula is C17H18N4O2S. The van der Waals surface area contributed by atoms with Crippen molar-refractivity contribution in [3.8, 4) is 0 Å². The average molecular weight is 342 g/mol. The number of rotatable bonds is 3. The van der Waals surface area contributed by atoms with Crippen molar-refractivity contribution in [2.45, 2.75) is 0 Å². The Morgan fingerprint density at radius 2 is 2.00 bits per heavy atom. The van der Waals surface area contributed by atoms with Crippen molar-refractivity contribution in [2.75, 3.05) is 31.7 Å². The number of nitrogens with one attached hydrogen (secondary N) is 1. The number of hydrogen-bond acceptors (Lipinski definition) is 5. The lowest BCUT2D eigenvalue weighted by atomic mass is 10.1. The molecule has 7 heteroatoms. The second kappa shape index (κ2) is 6.92. The van der Waals surface area contributed by atoms with Gasteiger partial charge in [-0.2, -0.15) is 4.40 Å². The molecule has 0 spiro atoms. The van der Waals surface area contributed by atoms with Gasteiger partial charge in [0.1, 0.15) is 0 Å². The number of carbonyl (C=O) groups is 2. The third-order valence-corrected chi connectivity index (χ3v) is 4.32. The number of amides is 2. The van der Waals surface area contributed by atoms with Gasteiger partial charge >= 0.3 is 0 Å². The topological polar surface area (TPSA) is 65.0 Å². The first-order valence-corrected chi connectivity index (χ1v) is 8.49. The predicted molar refractivity (Wildman–Crippen MR) is 96.9 cm³/mol. The van der Waals surface area contributed by atoms with Crippen LogP contribution in [0, 0.1) is 0 Å². The van der Waals surface area contributed by atoms with E-state index in [0.29, 0.717) is 22.7 Å². The number of carbonyl (C=O) groups excluding carboxylic acids is 2. The monoisotopic (exact) mass is 342 g/mol. The van der Waals surface area contributed by atoms with Gasteiger partial charge in [0.2, 0.25) is 0 Å². The summed E-state index contributed by atoms with van der Waals surface area (Å²) in [6.45, 7) is 0.839. The van der Waals surface area contributed by atoms with E-state index in [1.807, 2.05) is 17.2 Å². The molecule has 1 aromatic rings. The molecule has 6 nitrogen and oxygen atoms in total. The first-order valence-electron chi connectivity index (χ1n) is 7.55. The molecule has 0 radical (unpaired) electrons. The highest BCUT2D eigenvalue weighted by Gasteiger charge is 2.25. The van der Waals surface area contributed by atoms with Crippen LogP contribution in [0.15, 0.2) is 52.6 Å². The van der Waals surface area contributed by atoms with Gasteiger partial charge in [0, 0.05) is 43.8 Å². The normalized spacial score (nSPS) is 16.0. The summed E-state index contributed by atoms with van der Waals surface area (Å²) in [5.74, 6) is 1.31. The number of fused-ring (bicyclic) bond motifs is 1. The molecule has 0 unspecified atom stereocenters. The summed E-state index contributed by atoms with van der Waals surface area (Å²) in [5.41, 5.74) is 1.76. The van der Waals surface area contributed by atoms with Crippen molar-refractivity contribution >= 4 is 35.3 Å². The first kappa shape index (κ1) is 16.3. The van der Waals surface area contributed by atoms with Gasteiger partial charge < -0.3 is 15.1 Å². The third-order valence-electron chi connectivity index (χ3n) is 3.66. The molecule has 1 aromatic carbocycles. The van der Waals surface area contributed by atoms with Crippen LogP contribution in [-0.4, -0.2) is 53.8 Å². The molecule has 0 saturated heterocycles. The van der Waals surface area contributed by atoms with Crippen LogP contribution in [0.5, 0.6) is 0 Å². The standard InChI is InChI=1S/C17H18N4O2S/c1-20(2)17(23)12-5-7-13(8-6-12)18-16(22)14-4-3-9-21-10-11-24-19-15(14)21/h3-9H,10-11H2,1-2H3,(H,18,22). The second-order valence-electron chi connectivity index (χ2n) is 5.59. The van der Waals surface area contributed by atoms with Gasteiger partial charge in [-0.3, -0.25) is 9.59 Å². The summed E-state index contributed by atoms with van der Waals surface area (Å²) in [4.78, 5) is 27.9. The Morgan fingerprint density at radius 1 is 1.25 bits per heavy atom. The van der Waals surface area contributed by atoms with E-state index in [9.17, 15) is 9.59 Å². The summed E-state index contributed by atoms with van der Waals surface area (Å²) >= 11 is 1.47. The van der Waals surface area contributed by atoms with Crippen molar-refractivity contribution in [2.24, 2.45) is 4.40 Å². The van der Waals surface area contributed by atoms with E-state index < -0.39 is 0 Å². The maximum atomic E-state index is 12.5. The molecule has 2 aliphatic rings. The molecular weight excluding hydrogens is 324 g/mol. The molecule has 0 saturated carbocycles. The fourth-order valence-corrected chi connectivity index (χ4v) is 3.10. The smallest absolute Gasteiger partial charge is 0.259 e. The number of hydrogen-bond donors (Lipinski definition) is 1. The lowest BCUT2D eigenvalue weighted by molar-refractivity contribution is -0.112. The Morgan fingerprint density at radius 3 is 2.71 bits per heavy atom. The van der Waals surface area contributed by atoms with E-state index >= 15 is 0 Å². The highest BCUT2D eigenvalue weighted by molar-refractivity contribution is 7.98. The zero-order chi connectivity index (χ0) is 17.1. The lowest BCUT2D eigenvalue weighted by Crippen LogP contribution is -2.37. The zero-order valence-electron chi connectivity index (χ0n) is 13.5. The van der Waals surface area contributed by atoms with Crippen molar-refractivity contribution < 1.29 is 9.59 Å². The van der Waals surface area contributed by atoms with Gasteiger partial charge in [0.25, 0.3) is 11.8 Å². The van der Waals surface area contributed by atoms with Crippen LogP contribution >= 0.6 is 11.9 Å². The van der Waals surface area contributed by atoms with Crippen LogP contribution in [0.25, 0.3) is 0 Å². The summed E-state index contributed by atoms with van der Waals surface area (Å²) in [6.07, 6.45) is 5.54. The minimum atomic E-state index is -0.211. The Balaban J connectivity index is 1.73. The van der Waals surface area contributed by atoms with E-state index in [0.717, 1.165) is 12.3 Å². The van der Waals surface area contributed by atoms with E-state index in [1.54, 1.807) is 44.4 Å². The lowest BCUT2D eigenvalue weighted by Gasteiger charge is -2.28. The van der Waals surface area contributed by atoms with Crippen LogP contribution in [0.4, 0.5) is 5.69 Å². The highest BCUT2D eigenvalue weighted by atomic mass is 32.2. The molecule has 0 bridgehead atoms. The minimum absolute atomic E-state index is 0.0720. The predicted octanol–water partition coefficient (Wildman–Crippen LogP) is 2.14. The molecule has 124 valence electrons. The van der Waals surface area contributed by atoms with Gasteiger partial charge in [0.05, 0.1) is 5.57 Å². The van der Waals surface area contributed by atoms with E-state index in [4.69, 9.17) is 0 Å². The second-order valence-corrected chi connectivity index (χ2v) is 6.44. The van der Waals surface area contributed by atoms with Crippen molar-refractivity contribution in [3.05, 3.63) is 53.8 Å². The van der Waals surface area contributed by atoms with Gasteiger partial charge in [0.15, 0.2) is 5.84 Å². The van der Waals surface area contributed by atoms with E-state index in [1.165, 1.54) is 16.8 Å². The molecule has 3 rings (SSSR count). The number of anilines is 1. The largest absolute Gasteiger partial charge is 0.345 e. The Bertz CT molecular complexity index is 750. The molecule has 0 fully saturated rings. The van der Waals surface area contributed by atoms with Crippen LogP contribution in [0.2, 0.25) is 0 Å². The summed E-state index contributed by atoms with van der Waals surface area (Å²) in [5, 5.41) is 2.86. The molecule has 2 amide bonds. The number of amidine groups is 1. The molecule has 0 atom stereocenters. The minimum Gasteiger partial charge on any atom is -0.345 e. The fourth-order valence-electron chi connectivity index (χ4n) is 2.40. The molecule has 0 aliphatic carbocycles. The quantitative estimate of drug-likeness (QED) is 0.855. The van der Waals surface area contributed by atoms with Crippen molar-refractivity contribution in [1.29, 1.82) is 0 Å². The molecule has 1 N–H and O–H groups in total. The Hall–Kier alpha value is -2.54. The van der Waals surface area contributed by atoms with Crippen molar-refractivity contribution in [3.63, 3.8) is 0 Å². The molecule has 24 heavy (non-hydrogen) atoms. The van der Waals surface area contributed by atoms with Gasteiger partial charge in [-0.25, -0.2) is 0 Å². The third kappa shape index (κ3) is 3.35. The molecule has 0 aromatic heterocycles. The zero-order valence-corrected chi connectivity index (χ0v) is 14.3. The van der Waals surface area contributed by atoms with Crippen LogP contribution in [0.3, 0.4) is 0 Å². The number of allylic oxidation sites excluding steroid dienone is 2. The van der Waals surface area contributed by atoms with Gasteiger partial charge in [-0.1, -0.05) is 0 Å². The van der Waals surface area contributed by atoms with E-state index in [-0.39, 0.29) is 11.8 Å². The first-order chi connectivity index (χ1) is 11.6. The van der Waals surface area contributed by atoms with Crippen LogP contribution in [-0.2, 0) is 4.79 Å². The maximum absolute atomic E-state index is 12.5.